The van der Waals surface area contributed by atoms with Crippen LogP contribution in [0.5, 0.6) is 5.75 Å². The number of ether oxygens (including phenoxy) is 1. The Morgan fingerprint density at radius 2 is 2.24 bits per heavy atom. The van der Waals surface area contributed by atoms with Crippen LogP contribution in [0.15, 0.2) is 18.2 Å². The van der Waals surface area contributed by atoms with Gasteiger partial charge in [0.05, 0.1) is 6.61 Å². The summed E-state index contributed by atoms with van der Waals surface area (Å²) >= 11 is 0. The summed E-state index contributed by atoms with van der Waals surface area (Å²) in [6.07, 6.45) is 1.04. The summed E-state index contributed by atoms with van der Waals surface area (Å²) in [6, 6.07) is 4.60. The fourth-order valence-electron chi connectivity index (χ4n) is 1.62. The van der Waals surface area contributed by atoms with Crippen LogP contribution in [0, 0.1) is 5.82 Å². The Kier molecular flexibility index (Phi) is 5.94. The van der Waals surface area contributed by atoms with E-state index in [1.807, 2.05) is 6.92 Å². The molecule has 0 aromatic heterocycles. The van der Waals surface area contributed by atoms with E-state index in [2.05, 4.69) is 12.2 Å². The summed E-state index contributed by atoms with van der Waals surface area (Å²) in [7, 11) is 0. The molecule has 0 aliphatic rings. The van der Waals surface area contributed by atoms with E-state index in [-0.39, 0.29) is 25.1 Å². The van der Waals surface area contributed by atoms with Gasteiger partial charge in [-0.3, -0.25) is 0 Å². The number of hydrogen-bond acceptors (Lipinski definition) is 3. The van der Waals surface area contributed by atoms with Gasteiger partial charge < -0.3 is 15.2 Å². The SMILES string of the molecule is CCCNC(C)c1ccc(F)cc1OCCO. The van der Waals surface area contributed by atoms with Gasteiger partial charge in [0.2, 0.25) is 0 Å². The lowest BCUT2D eigenvalue weighted by Crippen LogP contribution is -2.20. The first-order chi connectivity index (χ1) is 8.19. The Morgan fingerprint density at radius 3 is 2.88 bits per heavy atom. The summed E-state index contributed by atoms with van der Waals surface area (Å²) in [5, 5.41) is 12.1. The molecule has 2 N–H and O–H groups in total. The van der Waals surface area contributed by atoms with Crippen LogP contribution < -0.4 is 10.1 Å². The van der Waals surface area contributed by atoms with Crippen LogP contribution in [0.1, 0.15) is 31.9 Å². The fourth-order valence-corrected chi connectivity index (χ4v) is 1.62. The molecule has 1 atom stereocenters. The molecular formula is C13H20FNO2. The lowest BCUT2D eigenvalue weighted by Gasteiger charge is -2.18. The maximum absolute atomic E-state index is 13.1. The molecule has 4 heteroatoms. The quantitative estimate of drug-likeness (QED) is 0.769. The Hall–Kier alpha value is -1.13. The molecule has 1 aromatic carbocycles. The minimum atomic E-state index is -0.329. The molecule has 3 nitrogen and oxygen atoms in total. The summed E-state index contributed by atoms with van der Waals surface area (Å²) < 4.78 is 18.5. The normalized spacial score (nSPS) is 12.5. The molecule has 0 saturated carbocycles. The predicted molar refractivity (Wildman–Crippen MR) is 65.7 cm³/mol. The first kappa shape index (κ1) is 13.9. The second-order valence-corrected chi connectivity index (χ2v) is 3.93. The fraction of sp³-hybridized carbons (Fsp3) is 0.538. The van der Waals surface area contributed by atoms with Gasteiger partial charge in [-0.25, -0.2) is 4.39 Å². The second kappa shape index (κ2) is 7.25. The number of benzene rings is 1. The Labute approximate surface area is 102 Å². The monoisotopic (exact) mass is 241 g/mol. The first-order valence-corrected chi connectivity index (χ1v) is 5.95. The van der Waals surface area contributed by atoms with Crippen LogP contribution in [0.2, 0.25) is 0 Å². The van der Waals surface area contributed by atoms with Gasteiger partial charge in [-0.2, -0.15) is 0 Å². The molecule has 1 rings (SSSR count). The number of halogens is 1. The van der Waals surface area contributed by atoms with Crippen molar-refractivity contribution in [2.24, 2.45) is 0 Å². The minimum Gasteiger partial charge on any atom is -0.491 e. The summed E-state index contributed by atoms with van der Waals surface area (Å²) in [5.41, 5.74) is 0.910. The van der Waals surface area contributed by atoms with Crippen molar-refractivity contribution in [2.75, 3.05) is 19.8 Å². The molecule has 0 aliphatic heterocycles. The highest BCUT2D eigenvalue weighted by molar-refractivity contribution is 5.36. The van der Waals surface area contributed by atoms with Crippen LogP contribution in [0.4, 0.5) is 4.39 Å². The number of rotatable bonds is 7. The van der Waals surface area contributed by atoms with Gasteiger partial charge in [-0.05, 0) is 26.0 Å². The standard InChI is InChI=1S/C13H20FNO2/c1-3-6-15-10(2)12-5-4-11(14)9-13(12)17-8-7-16/h4-5,9-10,15-16H,3,6-8H2,1-2H3. The summed E-state index contributed by atoms with van der Waals surface area (Å²) in [6.45, 7) is 5.10. The van der Waals surface area contributed by atoms with E-state index in [1.54, 1.807) is 6.07 Å². The van der Waals surface area contributed by atoms with Gasteiger partial charge in [0, 0.05) is 17.7 Å². The topological polar surface area (TPSA) is 41.5 Å². The first-order valence-electron chi connectivity index (χ1n) is 5.95. The molecule has 17 heavy (non-hydrogen) atoms. The number of aliphatic hydroxyl groups is 1. The summed E-state index contributed by atoms with van der Waals surface area (Å²) in [4.78, 5) is 0. The average molecular weight is 241 g/mol. The van der Waals surface area contributed by atoms with Gasteiger partial charge in [0.1, 0.15) is 18.2 Å². The molecule has 0 spiro atoms. The molecule has 0 aliphatic carbocycles. The zero-order chi connectivity index (χ0) is 12.7. The zero-order valence-corrected chi connectivity index (χ0v) is 10.4. The van der Waals surface area contributed by atoms with Gasteiger partial charge in [0.15, 0.2) is 0 Å². The molecule has 96 valence electrons. The highest BCUT2D eigenvalue weighted by atomic mass is 19.1. The number of aliphatic hydroxyl groups excluding tert-OH is 1. The largest absolute Gasteiger partial charge is 0.491 e. The van der Waals surface area contributed by atoms with E-state index in [1.165, 1.54) is 12.1 Å². The smallest absolute Gasteiger partial charge is 0.127 e. The van der Waals surface area contributed by atoms with Crippen LogP contribution in [0.3, 0.4) is 0 Å². The molecule has 0 fully saturated rings. The molecule has 1 unspecified atom stereocenters. The maximum atomic E-state index is 13.1. The molecule has 1 aromatic rings. The van der Waals surface area contributed by atoms with Crippen molar-refractivity contribution >= 4 is 0 Å². The molecule has 0 amide bonds. The van der Waals surface area contributed by atoms with E-state index in [0.717, 1.165) is 18.5 Å². The Morgan fingerprint density at radius 1 is 1.47 bits per heavy atom. The lowest BCUT2D eigenvalue weighted by atomic mass is 10.1. The maximum Gasteiger partial charge on any atom is 0.127 e. The van der Waals surface area contributed by atoms with Gasteiger partial charge in [0.25, 0.3) is 0 Å². The highest BCUT2D eigenvalue weighted by Gasteiger charge is 2.11. The Balaban J connectivity index is 2.80. The molecular weight excluding hydrogens is 221 g/mol. The summed E-state index contributed by atoms with van der Waals surface area (Å²) in [5.74, 6) is 0.166. The van der Waals surface area contributed by atoms with E-state index >= 15 is 0 Å². The Bertz CT molecular complexity index is 344. The van der Waals surface area contributed by atoms with Crippen LogP contribution in [-0.4, -0.2) is 24.9 Å². The van der Waals surface area contributed by atoms with Crippen molar-refractivity contribution in [2.45, 2.75) is 26.3 Å². The molecule has 0 bridgehead atoms. The van der Waals surface area contributed by atoms with Crippen molar-refractivity contribution in [1.29, 1.82) is 0 Å². The third-order valence-corrected chi connectivity index (χ3v) is 2.49. The van der Waals surface area contributed by atoms with Crippen molar-refractivity contribution in [3.05, 3.63) is 29.6 Å². The third-order valence-electron chi connectivity index (χ3n) is 2.49. The van der Waals surface area contributed by atoms with Crippen molar-refractivity contribution in [3.63, 3.8) is 0 Å². The average Bonchev–Trinajstić information content (AvgIpc) is 2.33. The van der Waals surface area contributed by atoms with Gasteiger partial charge in [-0.15, -0.1) is 0 Å². The van der Waals surface area contributed by atoms with Gasteiger partial charge in [-0.1, -0.05) is 13.0 Å². The second-order valence-electron chi connectivity index (χ2n) is 3.93. The minimum absolute atomic E-state index is 0.0767. The molecule has 0 saturated heterocycles. The van der Waals surface area contributed by atoms with E-state index in [4.69, 9.17) is 9.84 Å². The van der Waals surface area contributed by atoms with E-state index in [0.29, 0.717) is 5.75 Å². The van der Waals surface area contributed by atoms with E-state index in [9.17, 15) is 4.39 Å². The number of nitrogens with one attached hydrogen (secondary N) is 1. The molecule has 0 radical (unpaired) electrons. The van der Waals surface area contributed by atoms with Crippen molar-refractivity contribution in [3.8, 4) is 5.75 Å². The van der Waals surface area contributed by atoms with Crippen molar-refractivity contribution in [1.82, 2.24) is 5.32 Å². The van der Waals surface area contributed by atoms with Crippen LogP contribution >= 0.6 is 0 Å². The third kappa shape index (κ3) is 4.32. The van der Waals surface area contributed by atoms with Crippen LogP contribution in [0.25, 0.3) is 0 Å². The lowest BCUT2D eigenvalue weighted by molar-refractivity contribution is 0.199. The van der Waals surface area contributed by atoms with Crippen LogP contribution in [-0.2, 0) is 0 Å². The predicted octanol–water partition coefficient (Wildman–Crippen LogP) is 2.26. The van der Waals surface area contributed by atoms with Gasteiger partial charge >= 0.3 is 0 Å². The zero-order valence-electron chi connectivity index (χ0n) is 10.4. The van der Waals surface area contributed by atoms with Crippen molar-refractivity contribution < 1.29 is 14.2 Å². The van der Waals surface area contributed by atoms with E-state index < -0.39 is 0 Å². The number of hydrogen-bond donors (Lipinski definition) is 2. The molecule has 0 heterocycles. The highest BCUT2D eigenvalue weighted by Crippen LogP contribution is 2.26.